The summed E-state index contributed by atoms with van der Waals surface area (Å²) in [5, 5.41) is 9.90. The molecule has 108 valence electrons. The Morgan fingerprint density at radius 2 is 1.95 bits per heavy atom. The van der Waals surface area contributed by atoms with Crippen LogP contribution in [0.15, 0.2) is 30.6 Å². The maximum atomic E-state index is 9.90. The molecule has 1 fully saturated rings. The fraction of sp³-hybridized carbons (Fsp3) is 0.533. The van der Waals surface area contributed by atoms with E-state index in [1.807, 2.05) is 32.3 Å². The zero-order valence-corrected chi connectivity index (χ0v) is 12.2. The molecule has 0 spiro atoms. The first kappa shape index (κ1) is 13.4. The second-order valence-corrected chi connectivity index (χ2v) is 6.12. The molecule has 0 saturated carbocycles. The number of aromatic nitrogens is 2. The van der Waals surface area contributed by atoms with Crippen LogP contribution in [-0.2, 0) is 0 Å². The summed E-state index contributed by atoms with van der Waals surface area (Å²) in [4.78, 5) is 9.04. The second kappa shape index (κ2) is 5.07. The fourth-order valence-electron chi connectivity index (χ4n) is 2.87. The van der Waals surface area contributed by atoms with Gasteiger partial charge in [0, 0.05) is 45.1 Å². The first-order valence-corrected chi connectivity index (χ1v) is 7.15. The lowest BCUT2D eigenvalue weighted by Crippen LogP contribution is -2.50. The zero-order chi connectivity index (χ0) is 14.2. The molecule has 2 aromatic heterocycles. The molecule has 3 rings (SSSR count). The maximum absolute atomic E-state index is 9.90. The van der Waals surface area contributed by atoms with Gasteiger partial charge in [-0.15, -0.1) is 0 Å². The lowest BCUT2D eigenvalue weighted by Gasteiger charge is -2.38. The summed E-state index contributed by atoms with van der Waals surface area (Å²) in [6, 6.07) is 6.22. The summed E-state index contributed by atoms with van der Waals surface area (Å²) >= 11 is 0. The first-order chi connectivity index (χ1) is 9.53. The van der Waals surface area contributed by atoms with Gasteiger partial charge in [0.2, 0.25) is 0 Å². The van der Waals surface area contributed by atoms with E-state index in [0.717, 1.165) is 38.4 Å². The summed E-state index contributed by atoms with van der Waals surface area (Å²) < 4.78 is 2.13. The number of aliphatic hydroxyl groups is 1. The van der Waals surface area contributed by atoms with E-state index in [9.17, 15) is 5.11 Å². The monoisotopic (exact) mass is 274 g/mol. The minimum absolute atomic E-state index is 0.619. The lowest BCUT2D eigenvalue weighted by atomic mass is 10.1. The van der Waals surface area contributed by atoms with Crippen molar-refractivity contribution in [3.63, 3.8) is 0 Å². The molecule has 0 radical (unpaired) electrons. The van der Waals surface area contributed by atoms with Crippen molar-refractivity contribution in [2.24, 2.45) is 0 Å². The molecule has 5 heteroatoms. The molecule has 20 heavy (non-hydrogen) atoms. The number of pyridine rings is 1. The van der Waals surface area contributed by atoms with Gasteiger partial charge in [-0.2, -0.15) is 0 Å². The summed E-state index contributed by atoms with van der Waals surface area (Å²) in [7, 11) is 0. The molecule has 1 N–H and O–H groups in total. The van der Waals surface area contributed by atoms with Gasteiger partial charge < -0.3 is 10.0 Å². The Hall–Kier alpha value is -1.59. The van der Waals surface area contributed by atoms with Crippen molar-refractivity contribution in [2.75, 3.05) is 37.6 Å². The van der Waals surface area contributed by atoms with E-state index in [1.165, 1.54) is 5.82 Å². The minimum atomic E-state index is -0.619. The van der Waals surface area contributed by atoms with Crippen molar-refractivity contribution in [2.45, 2.75) is 19.4 Å². The molecular weight excluding hydrogens is 252 g/mol. The number of imidazole rings is 1. The zero-order valence-electron chi connectivity index (χ0n) is 12.2. The van der Waals surface area contributed by atoms with Crippen molar-refractivity contribution in [1.29, 1.82) is 0 Å². The van der Waals surface area contributed by atoms with Crippen LogP contribution < -0.4 is 4.90 Å². The molecule has 0 aliphatic carbocycles. The van der Waals surface area contributed by atoms with Crippen molar-refractivity contribution >= 4 is 11.5 Å². The van der Waals surface area contributed by atoms with Gasteiger partial charge in [0.25, 0.3) is 0 Å². The largest absolute Gasteiger partial charge is 0.389 e. The normalized spacial score (nSPS) is 17.9. The predicted molar refractivity (Wildman–Crippen MR) is 80.1 cm³/mol. The van der Waals surface area contributed by atoms with E-state index >= 15 is 0 Å². The molecule has 0 bridgehead atoms. The van der Waals surface area contributed by atoms with Crippen LogP contribution in [0.2, 0.25) is 0 Å². The molecule has 0 amide bonds. The molecule has 0 aromatic carbocycles. The van der Waals surface area contributed by atoms with Crippen molar-refractivity contribution in [3.8, 4) is 0 Å². The smallest absolute Gasteiger partial charge is 0.138 e. The van der Waals surface area contributed by atoms with E-state index < -0.39 is 5.60 Å². The Morgan fingerprint density at radius 1 is 1.20 bits per heavy atom. The number of nitrogens with zero attached hydrogens (tertiary/aromatic N) is 4. The molecule has 1 aliphatic heterocycles. The molecule has 1 aliphatic rings. The van der Waals surface area contributed by atoms with Gasteiger partial charge >= 0.3 is 0 Å². The number of β-amino-alcohol motifs (C(OH)–C–C–N with tert-alkyl or cyclic N) is 1. The molecule has 0 atom stereocenters. The second-order valence-electron chi connectivity index (χ2n) is 6.12. The minimum Gasteiger partial charge on any atom is -0.389 e. The van der Waals surface area contributed by atoms with Crippen LogP contribution in [0, 0.1) is 0 Å². The summed E-state index contributed by atoms with van der Waals surface area (Å²) in [6.45, 7) is 8.39. The van der Waals surface area contributed by atoms with E-state index in [4.69, 9.17) is 0 Å². The number of anilines is 1. The highest BCUT2D eigenvalue weighted by atomic mass is 16.3. The molecule has 2 aromatic rings. The average Bonchev–Trinajstić information content (AvgIpc) is 2.86. The highest BCUT2D eigenvalue weighted by molar-refractivity contribution is 5.51. The standard InChI is InChI=1S/C15H22N4O/c1-15(2,20)12-17-8-10-18(11-9-17)14-5-3-4-13-16-6-7-19(13)14/h3-7,20H,8-12H2,1-2H3. The molecule has 0 unspecified atom stereocenters. The Labute approximate surface area is 119 Å². The summed E-state index contributed by atoms with van der Waals surface area (Å²) in [6.07, 6.45) is 3.84. The van der Waals surface area contributed by atoms with Gasteiger partial charge in [-0.05, 0) is 26.0 Å². The number of rotatable bonds is 3. The van der Waals surface area contributed by atoms with E-state index in [0.29, 0.717) is 0 Å². The van der Waals surface area contributed by atoms with Gasteiger partial charge in [0.15, 0.2) is 0 Å². The maximum Gasteiger partial charge on any atom is 0.138 e. The quantitative estimate of drug-likeness (QED) is 0.914. The summed E-state index contributed by atoms with van der Waals surface area (Å²) in [5.74, 6) is 1.20. The molecule has 1 saturated heterocycles. The average molecular weight is 274 g/mol. The Balaban J connectivity index is 1.71. The number of hydrogen-bond acceptors (Lipinski definition) is 4. The van der Waals surface area contributed by atoms with Crippen LogP contribution in [0.4, 0.5) is 5.82 Å². The third-order valence-electron chi connectivity index (χ3n) is 3.71. The third-order valence-corrected chi connectivity index (χ3v) is 3.71. The lowest BCUT2D eigenvalue weighted by molar-refractivity contribution is 0.0344. The predicted octanol–water partition coefficient (Wildman–Crippen LogP) is 1.23. The summed E-state index contributed by atoms with van der Waals surface area (Å²) in [5.41, 5.74) is 0.369. The van der Waals surface area contributed by atoms with Crippen molar-refractivity contribution < 1.29 is 5.11 Å². The first-order valence-electron chi connectivity index (χ1n) is 7.15. The topological polar surface area (TPSA) is 44.0 Å². The third kappa shape index (κ3) is 2.78. The SMILES string of the molecule is CC(C)(O)CN1CCN(c2cccc3nccn23)CC1. The molecule has 3 heterocycles. The number of piperazine rings is 1. The van der Waals surface area contributed by atoms with Gasteiger partial charge in [0.05, 0.1) is 5.60 Å². The van der Waals surface area contributed by atoms with Crippen LogP contribution in [0.3, 0.4) is 0 Å². The van der Waals surface area contributed by atoms with Gasteiger partial charge in [-0.3, -0.25) is 9.30 Å². The van der Waals surface area contributed by atoms with Crippen molar-refractivity contribution in [1.82, 2.24) is 14.3 Å². The highest BCUT2D eigenvalue weighted by Gasteiger charge is 2.23. The van der Waals surface area contributed by atoms with Crippen LogP contribution >= 0.6 is 0 Å². The highest BCUT2D eigenvalue weighted by Crippen LogP contribution is 2.18. The van der Waals surface area contributed by atoms with Crippen molar-refractivity contribution in [3.05, 3.63) is 30.6 Å². The van der Waals surface area contributed by atoms with E-state index in [-0.39, 0.29) is 0 Å². The molecular formula is C15H22N4O. The van der Waals surface area contributed by atoms with Gasteiger partial charge in [-0.25, -0.2) is 4.98 Å². The molecule has 5 nitrogen and oxygen atoms in total. The Kier molecular flexibility index (Phi) is 3.40. The number of hydrogen-bond donors (Lipinski definition) is 1. The van der Waals surface area contributed by atoms with E-state index in [1.54, 1.807) is 0 Å². The Morgan fingerprint density at radius 3 is 2.65 bits per heavy atom. The van der Waals surface area contributed by atoms with Crippen LogP contribution in [-0.4, -0.2) is 57.7 Å². The van der Waals surface area contributed by atoms with E-state index in [2.05, 4.69) is 31.3 Å². The number of fused-ring (bicyclic) bond motifs is 1. The van der Waals surface area contributed by atoms with Crippen LogP contribution in [0.1, 0.15) is 13.8 Å². The van der Waals surface area contributed by atoms with Crippen LogP contribution in [0.25, 0.3) is 5.65 Å². The fourth-order valence-corrected chi connectivity index (χ4v) is 2.87. The van der Waals surface area contributed by atoms with Gasteiger partial charge in [0.1, 0.15) is 11.5 Å². The Bertz CT molecular complexity index is 579. The van der Waals surface area contributed by atoms with Gasteiger partial charge in [-0.1, -0.05) is 6.07 Å². The van der Waals surface area contributed by atoms with Crippen LogP contribution in [0.5, 0.6) is 0 Å².